The SMILES string of the molecule is CCOC(=O)Oc1[nH]c2ccccc2c1NS(=O)(=O)c1ccc(C)cc1. The van der Waals surface area contributed by atoms with Gasteiger partial charge in [-0.3, -0.25) is 4.72 Å². The van der Waals surface area contributed by atoms with Gasteiger partial charge in [-0.2, -0.15) is 0 Å². The molecule has 0 saturated heterocycles. The van der Waals surface area contributed by atoms with Gasteiger partial charge in [0.25, 0.3) is 10.0 Å². The summed E-state index contributed by atoms with van der Waals surface area (Å²) in [5, 5.41) is 0.572. The molecule has 0 unspecified atom stereocenters. The molecule has 3 aromatic rings. The summed E-state index contributed by atoms with van der Waals surface area (Å²) in [7, 11) is -3.86. The fourth-order valence-electron chi connectivity index (χ4n) is 2.44. The van der Waals surface area contributed by atoms with Gasteiger partial charge in [-0.15, -0.1) is 0 Å². The number of carbonyl (C=O) groups excluding carboxylic acids is 1. The summed E-state index contributed by atoms with van der Waals surface area (Å²) in [5.41, 5.74) is 1.71. The van der Waals surface area contributed by atoms with Gasteiger partial charge in [-0.25, -0.2) is 13.2 Å². The third kappa shape index (κ3) is 3.65. The first-order valence-corrected chi connectivity index (χ1v) is 9.44. The molecule has 0 fully saturated rings. The van der Waals surface area contributed by atoms with Gasteiger partial charge in [-0.05, 0) is 32.0 Å². The van der Waals surface area contributed by atoms with Crippen LogP contribution in [0.3, 0.4) is 0 Å². The molecule has 0 aliphatic carbocycles. The minimum atomic E-state index is -3.86. The van der Waals surface area contributed by atoms with Crippen LogP contribution in [-0.4, -0.2) is 26.2 Å². The van der Waals surface area contributed by atoms with Crippen molar-refractivity contribution in [2.24, 2.45) is 0 Å². The first-order chi connectivity index (χ1) is 12.4. The van der Waals surface area contributed by atoms with Crippen molar-refractivity contribution >= 4 is 32.8 Å². The number of aromatic amines is 1. The van der Waals surface area contributed by atoms with Gasteiger partial charge >= 0.3 is 6.16 Å². The molecule has 0 spiro atoms. The molecule has 3 rings (SSSR count). The van der Waals surface area contributed by atoms with E-state index in [0.29, 0.717) is 10.9 Å². The summed E-state index contributed by atoms with van der Waals surface area (Å²) in [6.07, 6.45) is -0.921. The van der Waals surface area contributed by atoms with Crippen molar-refractivity contribution in [3.8, 4) is 5.88 Å². The molecule has 0 amide bonds. The van der Waals surface area contributed by atoms with Crippen molar-refractivity contribution in [3.63, 3.8) is 0 Å². The van der Waals surface area contributed by atoms with Gasteiger partial charge in [0.05, 0.1) is 17.0 Å². The minimum Gasteiger partial charge on any atom is -0.434 e. The summed E-state index contributed by atoms with van der Waals surface area (Å²) in [6, 6.07) is 13.4. The Hall–Kier alpha value is -3.00. The molecule has 2 aromatic carbocycles. The van der Waals surface area contributed by atoms with Crippen LogP contribution in [-0.2, 0) is 14.8 Å². The number of nitrogens with one attached hydrogen (secondary N) is 2. The summed E-state index contributed by atoms with van der Waals surface area (Å²) < 4.78 is 37.8. The third-order valence-electron chi connectivity index (χ3n) is 3.69. The maximum absolute atomic E-state index is 12.7. The highest BCUT2D eigenvalue weighted by molar-refractivity contribution is 7.92. The summed E-state index contributed by atoms with van der Waals surface area (Å²) >= 11 is 0. The number of aromatic nitrogens is 1. The number of carbonyl (C=O) groups is 1. The molecule has 26 heavy (non-hydrogen) atoms. The molecule has 1 heterocycles. The first-order valence-electron chi connectivity index (χ1n) is 7.95. The first kappa shape index (κ1) is 17.8. The fourth-order valence-corrected chi connectivity index (χ4v) is 3.52. The molecule has 0 saturated carbocycles. The lowest BCUT2D eigenvalue weighted by molar-refractivity contribution is 0.103. The Labute approximate surface area is 151 Å². The lowest BCUT2D eigenvalue weighted by atomic mass is 10.2. The second kappa shape index (κ2) is 7.09. The van der Waals surface area contributed by atoms with E-state index in [2.05, 4.69) is 9.71 Å². The van der Waals surface area contributed by atoms with Crippen molar-refractivity contribution in [2.45, 2.75) is 18.7 Å². The van der Waals surface area contributed by atoms with Crippen LogP contribution in [0.1, 0.15) is 12.5 Å². The zero-order chi connectivity index (χ0) is 18.7. The molecule has 0 bridgehead atoms. The molecule has 0 atom stereocenters. The second-order valence-electron chi connectivity index (χ2n) is 5.58. The normalized spacial score (nSPS) is 11.3. The Bertz CT molecular complexity index is 1040. The van der Waals surface area contributed by atoms with Crippen molar-refractivity contribution in [1.82, 2.24) is 4.98 Å². The van der Waals surface area contributed by atoms with Crippen LogP contribution in [0.15, 0.2) is 53.4 Å². The van der Waals surface area contributed by atoms with Crippen LogP contribution in [0.25, 0.3) is 10.9 Å². The Morgan fingerprint density at radius 3 is 2.50 bits per heavy atom. The Morgan fingerprint density at radius 2 is 1.81 bits per heavy atom. The number of sulfonamides is 1. The number of aryl methyl sites for hydroxylation is 1. The quantitative estimate of drug-likeness (QED) is 0.662. The van der Waals surface area contributed by atoms with Crippen molar-refractivity contribution < 1.29 is 22.7 Å². The number of H-pyrrole nitrogens is 1. The highest BCUT2D eigenvalue weighted by atomic mass is 32.2. The maximum Gasteiger partial charge on any atom is 0.515 e. The van der Waals surface area contributed by atoms with Gasteiger partial charge < -0.3 is 14.5 Å². The fraction of sp³-hybridized carbons (Fsp3) is 0.167. The minimum absolute atomic E-state index is 0.0275. The highest BCUT2D eigenvalue weighted by Crippen LogP contribution is 2.35. The Kier molecular flexibility index (Phi) is 4.85. The van der Waals surface area contributed by atoms with E-state index < -0.39 is 16.2 Å². The zero-order valence-corrected chi connectivity index (χ0v) is 15.1. The number of hydrogen-bond acceptors (Lipinski definition) is 5. The van der Waals surface area contributed by atoms with Gasteiger partial charge in [0.2, 0.25) is 5.88 Å². The van der Waals surface area contributed by atoms with Crippen LogP contribution in [0.2, 0.25) is 0 Å². The number of fused-ring (bicyclic) bond motifs is 1. The standard InChI is InChI=1S/C18H18N2O5S/c1-3-24-18(21)25-17-16(14-6-4-5-7-15(14)19-17)20-26(22,23)13-10-8-12(2)9-11-13/h4-11,19-20H,3H2,1-2H3. The van der Waals surface area contributed by atoms with Crippen molar-refractivity contribution in [2.75, 3.05) is 11.3 Å². The van der Waals surface area contributed by atoms with Gasteiger partial charge in [0, 0.05) is 5.39 Å². The summed E-state index contributed by atoms with van der Waals surface area (Å²) in [5.74, 6) is -0.0275. The topological polar surface area (TPSA) is 97.5 Å². The monoisotopic (exact) mass is 374 g/mol. The third-order valence-corrected chi connectivity index (χ3v) is 5.05. The molecule has 1 aromatic heterocycles. The highest BCUT2D eigenvalue weighted by Gasteiger charge is 2.22. The van der Waals surface area contributed by atoms with Crippen LogP contribution < -0.4 is 9.46 Å². The molecular weight excluding hydrogens is 356 g/mol. The van der Waals surface area contributed by atoms with E-state index in [9.17, 15) is 13.2 Å². The number of para-hydroxylation sites is 1. The maximum atomic E-state index is 12.7. The largest absolute Gasteiger partial charge is 0.515 e. The number of hydrogen-bond donors (Lipinski definition) is 2. The average molecular weight is 374 g/mol. The zero-order valence-electron chi connectivity index (χ0n) is 14.3. The van der Waals surface area contributed by atoms with E-state index in [4.69, 9.17) is 9.47 Å². The molecule has 0 aliphatic rings. The number of ether oxygens (including phenoxy) is 2. The van der Waals surface area contributed by atoms with Gasteiger partial charge in [-0.1, -0.05) is 35.9 Å². The van der Waals surface area contributed by atoms with E-state index in [1.807, 2.05) is 6.92 Å². The lowest BCUT2D eigenvalue weighted by Crippen LogP contribution is -2.15. The molecule has 0 radical (unpaired) electrons. The van der Waals surface area contributed by atoms with Crippen LogP contribution in [0.4, 0.5) is 10.5 Å². The molecule has 8 heteroatoms. The number of benzene rings is 2. The van der Waals surface area contributed by atoms with Gasteiger partial charge in [0.15, 0.2) is 0 Å². The molecule has 7 nitrogen and oxygen atoms in total. The predicted molar refractivity (Wildman–Crippen MR) is 97.9 cm³/mol. The second-order valence-corrected chi connectivity index (χ2v) is 7.26. The molecule has 0 aliphatic heterocycles. The lowest BCUT2D eigenvalue weighted by Gasteiger charge is -2.10. The van der Waals surface area contributed by atoms with E-state index in [0.717, 1.165) is 5.56 Å². The summed E-state index contributed by atoms with van der Waals surface area (Å²) in [6.45, 7) is 3.66. The van der Waals surface area contributed by atoms with Crippen LogP contribution >= 0.6 is 0 Å². The number of rotatable bonds is 5. The smallest absolute Gasteiger partial charge is 0.434 e. The van der Waals surface area contributed by atoms with E-state index >= 15 is 0 Å². The van der Waals surface area contributed by atoms with Crippen molar-refractivity contribution in [1.29, 1.82) is 0 Å². The molecule has 136 valence electrons. The summed E-state index contributed by atoms with van der Waals surface area (Å²) in [4.78, 5) is 14.7. The molecular formula is C18H18N2O5S. The average Bonchev–Trinajstić information content (AvgIpc) is 2.92. The van der Waals surface area contributed by atoms with Gasteiger partial charge in [0.1, 0.15) is 5.69 Å². The van der Waals surface area contributed by atoms with E-state index in [1.165, 1.54) is 12.1 Å². The predicted octanol–water partition coefficient (Wildman–Crippen LogP) is 3.81. The van der Waals surface area contributed by atoms with Crippen molar-refractivity contribution in [3.05, 3.63) is 54.1 Å². The Morgan fingerprint density at radius 1 is 1.12 bits per heavy atom. The van der Waals surface area contributed by atoms with Crippen LogP contribution in [0, 0.1) is 6.92 Å². The van der Waals surface area contributed by atoms with Crippen LogP contribution in [0.5, 0.6) is 5.88 Å². The van der Waals surface area contributed by atoms with E-state index in [1.54, 1.807) is 43.3 Å². The molecule has 2 N–H and O–H groups in total. The Balaban J connectivity index is 2.02. The number of anilines is 1. The van der Waals surface area contributed by atoms with E-state index in [-0.39, 0.29) is 23.1 Å².